The van der Waals surface area contributed by atoms with Gasteiger partial charge in [0, 0.05) is 35.5 Å². The van der Waals surface area contributed by atoms with Gasteiger partial charge in [0.1, 0.15) is 0 Å². The molecule has 0 fully saturated rings. The fourth-order valence-corrected chi connectivity index (χ4v) is 0.520. The first-order valence-corrected chi connectivity index (χ1v) is 4.96. The molecule has 0 aromatic rings. The molecule has 0 heterocycles. The zero-order valence-electron chi connectivity index (χ0n) is 11.3. The van der Waals surface area contributed by atoms with Crippen LogP contribution in [0.15, 0.2) is 0 Å². The molecule has 0 spiro atoms. The van der Waals surface area contributed by atoms with Crippen LogP contribution in [0.2, 0.25) is 0 Å². The molecule has 0 amide bonds. The molecule has 0 saturated carbocycles. The number of rotatable bonds is 7. The third-order valence-electron chi connectivity index (χ3n) is 1.05. The molecule has 0 aliphatic carbocycles. The van der Waals surface area contributed by atoms with E-state index in [1.807, 2.05) is 0 Å². The fraction of sp³-hybridized carbons (Fsp3) is 1.00. The summed E-state index contributed by atoms with van der Waals surface area (Å²) in [6, 6.07) is 0. The summed E-state index contributed by atoms with van der Waals surface area (Å²) in [5, 5.41) is 16.2. The van der Waals surface area contributed by atoms with Crippen LogP contribution >= 0.6 is 0 Å². The van der Waals surface area contributed by atoms with Crippen LogP contribution in [0.1, 0.15) is 0 Å². The van der Waals surface area contributed by atoms with Gasteiger partial charge in [-0.2, -0.15) is 0 Å². The van der Waals surface area contributed by atoms with Crippen LogP contribution in [0.25, 0.3) is 0 Å². The average Bonchev–Trinajstić information content (AvgIpc) is 2.34. The Morgan fingerprint density at radius 1 is 0.778 bits per heavy atom. The molecule has 0 bridgehead atoms. The van der Waals surface area contributed by atoms with Crippen molar-refractivity contribution in [2.75, 3.05) is 62.0 Å². The maximum absolute atomic E-state index is 8.09. The first-order chi connectivity index (χ1) is 8.17. The molecule has 0 aromatic carbocycles. The van der Waals surface area contributed by atoms with Gasteiger partial charge in [0.05, 0.1) is 26.4 Å². The average molecular weight is 264 g/mol. The third-order valence-corrected chi connectivity index (χ3v) is 1.05. The molecule has 0 radical (unpaired) electrons. The molecule has 0 unspecified atom stereocenters. The molecule has 9 heteroatoms. The summed E-state index contributed by atoms with van der Waals surface area (Å²) in [6.07, 6.45) is 0. The van der Waals surface area contributed by atoms with E-state index in [0.29, 0.717) is 13.2 Å². The van der Waals surface area contributed by atoms with Gasteiger partial charge in [0.25, 0.3) is 0 Å². The standard InChI is InChI=1S/C4H10O3.C3H9BO3.C2H6O.Li.H/c5-1-3-7-4-2-6;1-5-4(6-2)7-3;1-3-2;;/h5-6H,1-4H2;1-3H3;1-2H3;;. The summed E-state index contributed by atoms with van der Waals surface area (Å²) in [4.78, 5) is 0. The van der Waals surface area contributed by atoms with Crippen LogP contribution < -0.4 is 0 Å². The summed E-state index contributed by atoms with van der Waals surface area (Å²) in [7, 11) is 7.27. The van der Waals surface area contributed by atoms with Crippen molar-refractivity contribution in [1.82, 2.24) is 0 Å². The summed E-state index contributed by atoms with van der Waals surface area (Å²) in [5.41, 5.74) is 0. The van der Waals surface area contributed by atoms with Crippen molar-refractivity contribution in [2.24, 2.45) is 0 Å². The van der Waals surface area contributed by atoms with Crippen LogP contribution in [0, 0.1) is 0 Å². The van der Waals surface area contributed by atoms with E-state index >= 15 is 0 Å². The molecular weight excluding hydrogens is 238 g/mol. The summed E-state index contributed by atoms with van der Waals surface area (Å²) < 4.78 is 22.7. The monoisotopic (exact) mass is 264 g/mol. The molecule has 0 saturated heterocycles. The zero-order chi connectivity index (χ0) is 13.9. The summed E-state index contributed by atoms with van der Waals surface area (Å²) in [6.45, 7) is 0.696. The van der Waals surface area contributed by atoms with E-state index in [4.69, 9.17) is 10.2 Å². The van der Waals surface area contributed by atoms with Gasteiger partial charge in [-0.25, -0.2) is 0 Å². The Bertz CT molecular complexity index is 99.4. The minimum atomic E-state index is -0.514. The normalized spacial score (nSPS) is 8.17. The van der Waals surface area contributed by atoms with Crippen molar-refractivity contribution in [2.45, 2.75) is 0 Å². The fourth-order valence-electron chi connectivity index (χ4n) is 0.520. The number of methoxy groups -OCH3 is 1. The predicted molar refractivity (Wildman–Crippen MR) is 71.9 cm³/mol. The van der Waals surface area contributed by atoms with Gasteiger partial charge in [-0.3, -0.25) is 0 Å². The van der Waals surface area contributed by atoms with Gasteiger partial charge in [-0.15, -0.1) is 0 Å². The van der Waals surface area contributed by atoms with Crippen molar-refractivity contribution in [1.29, 1.82) is 0 Å². The van der Waals surface area contributed by atoms with Crippen LogP contribution in [0.5, 0.6) is 0 Å². The van der Waals surface area contributed by atoms with Crippen molar-refractivity contribution in [3.63, 3.8) is 0 Å². The molecular formula is C9H26BLiO7. The van der Waals surface area contributed by atoms with Crippen LogP contribution in [-0.2, 0) is 23.4 Å². The molecule has 0 aromatic heterocycles. The van der Waals surface area contributed by atoms with Gasteiger partial charge in [0.2, 0.25) is 0 Å². The second-order valence-electron chi connectivity index (χ2n) is 2.46. The Morgan fingerprint density at radius 2 is 1.06 bits per heavy atom. The Balaban J connectivity index is -0.0000000857. The van der Waals surface area contributed by atoms with Crippen LogP contribution in [0.3, 0.4) is 0 Å². The quantitative estimate of drug-likeness (QED) is 0.428. The van der Waals surface area contributed by atoms with E-state index in [1.54, 1.807) is 14.2 Å². The molecule has 0 atom stereocenters. The van der Waals surface area contributed by atoms with E-state index in [0.717, 1.165) is 0 Å². The molecule has 0 aliphatic rings. The number of aliphatic hydroxyl groups is 2. The first kappa shape index (κ1) is 26.9. The number of ether oxygens (including phenoxy) is 2. The molecule has 0 rings (SSSR count). The number of hydrogen-bond donors (Lipinski definition) is 2. The molecule has 7 nitrogen and oxygen atoms in total. The van der Waals surface area contributed by atoms with E-state index in [2.05, 4.69) is 23.4 Å². The van der Waals surface area contributed by atoms with E-state index in [1.165, 1.54) is 21.3 Å². The van der Waals surface area contributed by atoms with E-state index < -0.39 is 7.32 Å². The summed E-state index contributed by atoms with van der Waals surface area (Å²) >= 11 is 0. The van der Waals surface area contributed by atoms with E-state index in [-0.39, 0.29) is 32.1 Å². The zero-order valence-corrected chi connectivity index (χ0v) is 11.3. The minimum absolute atomic E-state index is 0. The number of hydrogen-bond acceptors (Lipinski definition) is 7. The van der Waals surface area contributed by atoms with Gasteiger partial charge < -0.3 is 33.6 Å². The van der Waals surface area contributed by atoms with Crippen molar-refractivity contribution in [3.8, 4) is 0 Å². The Labute approximate surface area is 122 Å². The van der Waals surface area contributed by atoms with Crippen molar-refractivity contribution < 1.29 is 33.6 Å². The van der Waals surface area contributed by atoms with Crippen LogP contribution in [-0.4, -0.2) is 98.4 Å². The van der Waals surface area contributed by atoms with Gasteiger partial charge in [0.15, 0.2) is 0 Å². The summed E-state index contributed by atoms with van der Waals surface area (Å²) in [5.74, 6) is 0. The number of aliphatic hydroxyl groups excluding tert-OH is 2. The van der Waals surface area contributed by atoms with E-state index in [9.17, 15) is 0 Å². The van der Waals surface area contributed by atoms with Gasteiger partial charge in [-0.05, 0) is 0 Å². The Hall–Kier alpha value is 0.382. The van der Waals surface area contributed by atoms with Gasteiger partial charge >= 0.3 is 26.2 Å². The molecule has 0 aliphatic heterocycles. The molecule has 2 N–H and O–H groups in total. The van der Waals surface area contributed by atoms with Crippen LogP contribution in [0.4, 0.5) is 0 Å². The third kappa shape index (κ3) is 36.0. The SMILES string of the molecule is COB(OC)OC.COC.OCCOCCO.[LiH]. The molecule has 18 heavy (non-hydrogen) atoms. The Morgan fingerprint density at radius 3 is 1.17 bits per heavy atom. The second-order valence-corrected chi connectivity index (χ2v) is 2.46. The second kappa shape index (κ2) is 30.4. The molecule has 108 valence electrons. The van der Waals surface area contributed by atoms with Crippen molar-refractivity contribution in [3.05, 3.63) is 0 Å². The Kier molecular flexibility index (Phi) is 45.4. The predicted octanol–water partition coefficient (Wildman–Crippen LogP) is -1.49. The van der Waals surface area contributed by atoms with Gasteiger partial charge in [-0.1, -0.05) is 0 Å². The topological polar surface area (TPSA) is 86.6 Å². The van der Waals surface area contributed by atoms with Crippen molar-refractivity contribution >= 4 is 26.2 Å². The first-order valence-electron chi connectivity index (χ1n) is 4.96. The maximum atomic E-state index is 8.09.